The molecule has 0 aliphatic carbocycles. The number of halogens is 1. The van der Waals surface area contributed by atoms with Gasteiger partial charge in [0, 0.05) is 33.2 Å². The van der Waals surface area contributed by atoms with Crippen molar-refractivity contribution >= 4 is 28.3 Å². The Morgan fingerprint density at radius 2 is 1.56 bits per heavy atom. The highest BCUT2D eigenvalue weighted by Crippen LogP contribution is 2.28. The second kappa shape index (κ2) is 6.23. The van der Waals surface area contributed by atoms with Crippen molar-refractivity contribution in [3.05, 3.63) is 94.6 Å². The van der Waals surface area contributed by atoms with E-state index in [9.17, 15) is 4.79 Å². The van der Waals surface area contributed by atoms with Crippen LogP contribution in [0.3, 0.4) is 0 Å². The van der Waals surface area contributed by atoms with Crippen LogP contribution in [0.25, 0.3) is 22.0 Å². The largest absolute Gasteiger partial charge is 0.360 e. The van der Waals surface area contributed by atoms with Crippen molar-refractivity contribution in [3.63, 3.8) is 0 Å². The maximum atomic E-state index is 12.9. The Kier molecular flexibility index (Phi) is 3.90. The minimum atomic E-state index is -0.0102. The lowest BCUT2D eigenvalue weighted by atomic mass is 9.98. The molecule has 0 amide bonds. The van der Waals surface area contributed by atoms with E-state index in [2.05, 4.69) is 48.3 Å². The summed E-state index contributed by atoms with van der Waals surface area (Å²) in [5.41, 5.74) is 5.71. The highest BCUT2D eigenvalue weighted by molar-refractivity contribution is 6.30. The number of rotatable bonds is 3. The zero-order valence-electron chi connectivity index (χ0n) is 13.7. The van der Waals surface area contributed by atoms with E-state index in [4.69, 9.17) is 11.6 Å². The zero-order chi connectivity index (χ0) is 17.4. The quantitative estimate of drug-likeness (QED) is 0.452. The predicted octanol–water partition coefficient (Wildman–Crippen LogP) is 6.03. The van der Waals surface area contributed by atoms with Gasteiger partial charge in [-0.25, -0.2) is 0 Å². The van der Waals surface area contributed by atoms with E-state index in [0.717, 1.165) is 22.0 Å². The monoisotopic (exact) mass is 345 g/mol. The first-order valence-corrected chi connectivity index (χ1v) is 8.48. The normalized spacial score (nSPS) is 11.0. The van der Waals surface area contributed by atoms with E-state index >= 15 is 0 Å². The number of aromatic nitrogens is 1. The van der Waals surface area contributed by atoms with Crippen LogP contribution < -0.4 is 0 Å². The number of ketones is 1. The molecule has 4 rings (SSSR count). The second-order valence-electron chi connectivity index (χ2n) is 6.16. The fraction of sp³-hybridized carbons (Fsp3) is 0.0455. The van der Waals surface area contributed by atoms with Gasteiger partial charge in [-0.2, -0.15) is 0 Å². The average Bonchev–Trinajstić information content (AvgIpc) is 3.05. The lowest BCUT2D eigenvalue weighted by Crippen LogP contribution is -1.99. The molecule has 2 nitrogen and oxygen atoms in total. The molecule has 0 unspecified atom stereocenters. The summed E-state index contributed by atoms with van der Waals surface area (Å²) in [5, 5.41) is 1.55. The molecule has 0 saturated carbocycles. The number of hydrogen-bond acceptors (Lipinski definition) is 1. The number of hydrogen-bond donors (Lipinski definition) is 1. The first-order valence-electron chi connectivity index (χ1n) is 8.10. The van der Waals surface area contributed by atoms with Crippen LogP contribution in [0.5, 0.6) is 0 Å². The van der Waals surface area contributed by atoms with Crippen molar-refractivity contribution in [2.45, 2.75) is 6.92 Å². The molecule has 0 aliphatic heterocycles. The molecule has 0 aliphatic rings. The summed E-state index contributed by atoms with van der Waals surface area (Å²) >= 11 is 5.92. The molecule has 1 N–H and O–H groups in total. The fourth-order valence-electron chi connectivity index (χ4n) is 2.99. The van der Waals surface area contributed by atoms with Crippen molar-refractivity contribution in [2.75, 3.05) is 0 Å². The van der Waals surface area contributed by atoms with Gasteiger partial charge < -0.3 is 4.98 Å². The molecule has 4 aromatic rings. The van der Waals surface area contributed by atoms with Crippen molar-refractivity contribution in [2.24, 2.45) is 0 Å². The molecule has 0 radical (unpaired) electrons. The highest BCUT2D eigenvalue weighted by atomic mass is 35.5. The third-order valence-electron chi connectivity index (χ3n) is 4.42. The van der Waals surface area contributed by atoms with E-state index in [1.165, 1.54) is 5.56 Å². The first kappa shape index (κ1) is 15.7. The molecule has 122 valence electrons. The molecular weight excluding hydrogens is 330 g/mol. The summed E-state index contributed by atoms with van der Waals surface area (Å²) < 4.78 is 0. The summed E-state index contributed by atoms with van der Waals surface area (Å²) in [5.74, 6) is -0.0102. The fourth-order valence-corrected chi connectivity index (χ4v) is 3.12. The van der Waals surface area contributed by atoms with E-state index in [-0.39, 0.29) is 5.78 Å². The first-order chi connectivity index (χ1) is 12.1. The summed E-state index contributed by atoms with van der Waals surface area (Å²) in [6, 6.07) is 21.5. The maximum Gasteiger partial charge on any atom is 0.195 e. The van der Waals surface area contributed by atoms with Gasteiger partial charge in [0.1, 0.15) is 0 Å². The zero-order valence-corrected chi connectivity index (χ0v) is 14.5. The van der Waals surface area contributed by atoms with Gasteiger partial charge in [-0.05, 0) is 54.4 Å². The highest BCUT2D eigenvalue weighted by Gasteiger charge is 2.15. The van der Waals surface area contributed by atoms with Gasteiger partial charge in [0.25, 0.3) is 0 Å². The second-order valence-corrected chi connectivity index (χ2v) is 6.60. The van der Waals surface area contributed by atoms with Gasteiger partial charge in [-0.3, -0.25) is 4.79 Å². The number of nitrogens with one attached hydrogen (secondary N) is 1. The summed E-state index contributed by atoms with van der Waals surface area (Å²) in [6.07, 6.45) is 1.78. The van der Waals surface area contributed by atoms with Crippen molar-refractivity contribution in [3.8, 4) is 11.1 Å². The third kappa shape index (κ3) is 2.97. The van der Waals surface area contributed by atoms with Crippen LogP contribution in [0.4, 0.5) is 0 Å². The van der Waals surface area contributed by atoms with E-state index in [0.29, 0.717) is 16.1 Å². The van der Waals surface area contributed by atoms with Crippen molar-refractivity contribution in [1.29, 1.82) is 0 Å². The van der Waals surface area contributed by atoms with Gasteiger partial charge in [0.05, 0.1) is 0 Å². The number of fused-ring (bicyclic) bond motifs is 1. The van der Waals surface area contributed by atoms with Crippen molar-refractivity contribution in [1.82, 2.24) is 4.98 Å². The lowest BCUT2D eigenvalue weighted by molar-refractivity contribution is 0.104. The maximum absolute atomic E-state index is 12.9. The van der Waals surface area contributed by atoms with Crippen LogP contribution in [-0.2, 0) is 0 Å². The van der Waals surface area contributed by atoms with Crippen LogP contribution in [0.15, 0.2) is 72.9 Å². The summed E-state index contributed by atoms with van der Waals surface area (Å²) in [7, 11) is 0. The molecule has 1 aromatic heterocycles. The number of benzene rings is 3. The van der Waals surface area contributed by atoms with E-state index < -0.39 is 0 Å². The SMILES string of the molecule is Cc1ccc(-c2ccc3[nH]cc(C(=O)c4ccc(Cl)cc4)c3c2)cc1. The number of H-pyrrole nitrogens is 1. The molecule has 0 fully saturated rings. The van der Waals surface area contributed by atoms with Gasteiger partial charge in [-0.15, -0.1) is 0 Å². The van der Waals surface area contributed by atoms with Gasteiger partial charge >= 0.3 is 0 Å². The molecule has 3 heteroatoms. The van der Waals surface area contributed by atoms with Crippen LogP contribution in [0.1, 0.15) is 21.5 Å². The number of carbonyl (C=O) groups is 1. The molecule has 0 atom stereocenters. The van der Waals surface area contributed by atoms with E-state index in [1.54, 1.807) is 30.5 Å². The Balaban J connectivity index is 1.79. The lowest BCUT2D eigenvalue weighted by Gasteiger charge is -2.04. The number of carbonyl (C=O) groups excluding carboxylic acids is 1. The minimum Gasteiger partial charge on any atom is -0.360 e. The Morgan fingerprint density at radius 1 is 0.880 bits per heavy atom. The Morgan fingerprint density at radius 3 is 2.28 bits per heavy atom. The van der Waals surface area contributed by atoms with Crippen LogP contribution in [0.2, 0.25) is 5.02 Å². The number of aryl methyl sites for hydroxylation is 1. The Labute approximate surface area is 151 Å². The summed E-state index contributed by atoms with van der Waals surface area (Å²) in [6.45, 7) is 2.07. The number of aromatic amines is 1. The van der Waals surface area contributed by atoms with Gasteiger partial charge in [-0.1, -0.05) is 47.5 Å². The van der Waals surface area contributed by atoms with E-state index in [1.807, 2.05) is 6.07 Å². The average molecular weight is 346 g/mol. The van der Waals surface area contributed by atoms with Crippen LogP contribution >= 0.6 is 11.6 Å². The molecule has 25 heavy (non-hydrogen) atoms. The molecule has 3 aromatic carbocycles. The molecule has 0 saturated heterocycles. The summed E-state index contributed by atoms with van der Waals surface area (Å²) in [4.78, 5) is 16.1. The Hall–Kier alpha value is -2.84. The standard InChI is InChI=1S/C22H16ClNO/c1-14-2-4-15(5-3-14)17-8-11-21-19(12-17)20(13-24-21)22(25)16-6-9-18(23)10-7-16/h2-13,24H,1H3. The molecule has 0 bridgehead atoms. The topological polar surface area (TPSA) is 32.9 Å². The molecular formula is C22H16ClNO. The minimum absolute atomic E-state index is 0.0102. The smallest absolute Gasteiger partial charge is 0.195 e. The Bertz CT molecular complexity index is 1060. The van der Waals surface area contributed by atoms with Gasteiger partial charge in [0.2, 0.25) is 0 Å². The van der Waals surface area contributed by atoms with Crippen LogP contribution in [-0.4, -0.2) is 10.8 Å². The predicted molar refractivity (Wildman–Crippen MR) is 103 cm³/mol. The van der Waals surface area contributed by atoms with Crippen LogP contribution in [0, 0.1) is 6.92 Å². The van der Waals surface area contributed by atoms with Crippen molar-refractivity contribution < 1.29 is 4.79 Å². The molecule has 1 heterocycles. The molecule has 0 spiro atoms. The van der Waals surface area contributed by atoms with Gasteiger partial charge in [0.15, 0.2) is 5.78 Å². The third-order valence-corrected chi connectivity index (χ3v) is 4.67.